The molecule has 0 saturated carbocycles. The third-order valence-corrected chi connectivity index (χ3v) is 3.09. The molecule has 1 atom stereocenters. The van der Waals surface area contributed by atoms with E-state index in [2.05, 4.69) is 4.98 Å². The maximum absolute atomic E-state index is 13.1. The fraction of sp³-hybridized carbons (Fsp3) is 0.333. The highest BCUT2D eigenvalue weighted by atomic mass is 19.1. The Kier molecular flexibility index (Phi) is 2.22. The molecular weight excluding hydrogens is 223 g/mol. The first-order valence-corrected chi connectivity index (χ1v) is 5.52. The number of aromatic nitrogens is 2. The maximum atomic E-state index is 13.1. The molecule has 5 heteroatoms. The van der Waals surface area contributed by atoms with Crippen LogP contribution in [-0.4, -0.2) is 20.8 Å². The smallest absolute Gasteiger partial charge is 0.261 e. The van der Waals surface area contributed by atoms with E-state index in [4.69, 9.17) is 0 Å². The van der Waals surface area contributed by atoms with E-state index in [1.54, 1.807) is 0 Å². The second-order valence-corrected chi connectivity index (χ2v) is 4.30. The lowest BCUT2D eigenvalue weighted by atomic mass is 10.1. The van der Waals surface area contributed by atoms with E-state index < -0.39 is 11.9 Å². The summed E-state index contributed by atoms with van der Waals surface area (Å²) in [7, 11) is 0. The number of fused-ring (bicyclic) bond motifs is 2. The Bertz CT molecular complexity index is 651. The predicted molar refractivity (Wildman–Crippen MR) is 60.3 cm³/mol. The van der Waals surface area contributed by atoms with Gasteiger partial charge in [0.1, 0.15) is 11.6 Å². The molecule has 4 nitrogen and oxygen atoms in total. The minimum Gasteiger partial charge on any atom is -0.391 e. The first-order valence-electron chi connectivity index (χ1n) is 5.52. The summed E-state index contributed by atoms with van der Waals surface area (Å²) in [6.45, 7) is 0.272. The highest BCUT2D eigenvalue weighted by Gasteiger charge is 2.19. The topological polar surface area (TPSA) is 55.1 Å². The van der Waals surface area contributed by atoms with E-state index in [1.807, 2.05) is 0 Å². The number of hydrogen-bond donors (Lipinski definition) is 1. The van der Waals surface area contributed by atoms with Crippen LogP contribution in [0.1, 0.15) is 12.2 Å². The van der Waals surface area contributed by atoms with Gasteiger partial charge in [-0.05, 0) is 18.6 Å². The van der Waals surface area contributed by atoms with E-state index in [9.17, 15) is 14.3 Å². The number of halogens is 1. The lowest BCUT2D eigenvalue weighted by Gasteiger charge is -2.22. The second-order valence-electron chi connectivity index (χ2n) is 4.30. The van der Waals surface area contributed by atoms with Crippen molar-refractivity contribution in [3.63, 3.8) is 0 Å². The summed E-state index contributed by atoms with van der Waals surface area (Å²) in [6, 6.07) is 3.95. The van der Waals surface area contributed by atoms with Gasteiger partial charge in [-0.15, -0.1) is 0 Å². The first kappa shape index (κ1) is 10.4. The molecule has 0 amide bonds. The second kappa shape index (κ2) is 3.63. The van der Waals surface area contributed by atoms with Crippen LogP contribution < -0.4 is 5.56 Å². The number of benzene rings is 1. The molecule has 3 rings (SSSR count). The van der Waals surface area contributed by atoms with E-state index in [-0.39, 0.29) is 12.1 Å². The van der Waals surface area contributed by atoms with Crippen LogP contribution in [0.4, 0.5) is 4.39 Å². The Morgan fingerprint density at radius 3 is 3.12 bits per heavy atom. The van der Waals surface area contributed by atoms with Gasteiger partial charge in [0.05, 0.1) is 23.6 Å². The molecule has 1 aliphatic rings. The molecule has 0 radical (unpaired) electrons. The highest BCUT2D eigenvalue weighted by molar-refractivity contribution is 5.77. The molecule has 1 aromatic carbocycles. The largest absolute Gasteiger partial charge is 0.391 e. The summed E-state index contributed by atoms with van der Waals surface area (Å²) in [5.74, 6) is 0.226. The fourth-order valence-corrected chi connectivity index (χ4v) is 2.22. The fourth-order valence-electron chi connectivity index (χ4n) is 2.22. The zero-order valence-electron chi connectivity index (χ0n) is 9.06. The average Bonchev–Trinajstić information content (AvgIpc) is 2.30. The number of aliphatic hydroxyl groups excluding tert-OH is 1. The van der Waals surface area contributed by atoms with Crippen LogP contribution in [0.2, 0.25) is 0 Å². The molecule has 0 aliphatic carbocycles. The molecule has 1 unspecified atom stereocenters. The molecule has 2 aromatic rings. The number of hydrogen-bond acceptors (Lipinski definition) is 3. The normalized spacial score (nSPS) is 19.3. The molecule has 0 fully saturated rings. The zero-order chi connectivity index (χ0) is 12.0. The number of aliphatic hydroxyl groups is 1. The van der Waals surface area contributed by atoms with Gasteiger partial charge < -0.3 is 5.11 Å². The third kappa shape index (κ3) is 1.63. The minimum absolute atomic E-state index is 0.205. The molecule has 17 heavy (non-hydrogen) atoms. The Labute approximate surface area is 96.3 Å². The Morgan fingerprint density at radius 2 is 2.29 bits per heavy atom. The molecular formula is C12H11FN2O2. The first-order chi connectivity index (χ1) is 8.15. The van der Waals surface area contributed by atoms with Gasteiger partial charge in [0.15, 0.2) is 0 Å². The summed E-state index contributed by atoms with van der Waals surface area (Å²) in [4.78, 5) is 16.4. The van der Waals surface area contributed by atoms with Crippen molar-refractivity contribution in [2.75, 3.05) is 0 Å². The molecule has 1 aliphatic heterocycles. The van der Waals surface area contributed by atoms with E-state index >= 15 is 0 Å². The van der Waals surface area contributed by atoms with Crippen molar-refractivity contribution in [1.82, 2.24) is 9.55 Å². The summed E-state index contributed by atoms with van der Waals surface area (Å²) in [5, 5.41) is 9.94. The van der Waals surface area contributed by atoms with E-state index in [0.717, 1.165) is 0 Å². The van der Waals surface area contributed by atoms with Crippen molar-refractivity contribution >= 4 is 10.9 Å². The lowest BCUT2D eigenvalue weighted by Crippen LogP contribution is -2.34. The van der Waals surface area contributed by atoms with Crippen LogP contribution in [-0.2, 0) is 13.0 Å². The zero-order valence-corrected chi connectivity index (χ0v) is 9.06. The average molecular weight is 234 g/mol. The van der Waals surface area contributed by atoms with Crippen LogP contribution in [0, 0.1) is 5.82 Å². The van der Waals surface area contributed by atoms with Crippen LogP contribution in [0.5, 0.6) is 0 Å². The molecule has 1 N–H and O–H groups in total. The Balaban J connectivity index is 2.32. The predicted octanol–water partition coefficient (Wildman–Crippen LogP) is 0.843. The molecule has 0 spiro atoms. The SMILES string of the molecule is O=c1c2ccc(F)cc2nc2n1CC(O)CC2. The van der Waals surface area contributed by atoms with Crippen molar-refractivity contribution in [2.45, 2.75) is 25.5 Å². The molecule has 2 heterocycles. The summed E-state index contributed by atoms with van der Waals surface area (Å²) >= 11 is 0. The van der Waals surface area contributed by atoms with Gasteiger partial charge >= 0.3 is 0 Å². The van der Waals surface area contributed by atoms with Crippen molar-refractivity contribution in [1.29, 1.82) is 0 Å². The van der Waals surface area contributed by atoms with Gasteiger partial charge in [-0.3, -0.25) is 9.36 Å². The summed E-state index contributed by atoms with van der Waals surface area (Å²) in [6.07, 6.45) is 0.635. The maximum Gasteiger partial charge on any atom is 0.261 e. The van der Waals surface area contributed by atoms with E-state index in [0.29, 0.717) is 29.6 Å². The standard InChI is InChI=1S/C12H11FN2O2/c13-7-1-3-9-10(5-7)14-11-4-2-8(16)6-15(11)12(9)17/h1,3,5,8,16H,2,4,6H2. The van der Waals surface area contributed by atoms with Crippen LogP contribution >= 0.6 is 0 Å². The van der Waals surface area contributed by atoms with Gasteiger partial charge in [-0.2, -0.15) is 0 Å². The van der Waals surface area contributed by atoms with E-state index in [1.165, 1.54) is 22.8 Å². The number of aryl methyl sites for hydroxylation is 1. The minimum atomic E-state index is -0.500. The monoisotopic (exact) mass is 234 g/mol. The molecule has 0 bridgehead atoms. The molecule has 88 valence electrons. The summed E-state index contributed by atoms with van der Waals surface area (Å²) < 4.78 is 14.6. The van der Waals surface area contributed by atoms with Crippen LogP contribution in [0.15, 0.2) is 23.0 Å². The third-order valence-electron chi connectivity index (χ3n) is 3.09. The summed E-state index contributed by atoms with van der Waals surface area (Å²) in [5.41, 5.74) is 0.182. The van der Waals surface area contributed by atoms with Gasteiger partial charge in [-0.1, -0.05) is 0 Å². The van der Waals surface area contributed by atoms with Crippen molar-refractivity contribution in [3.8, 4) is 0 Å². The van der Waals surface area contributed by atoms with Gasteiger partial charge in [0, 0.05) is 12.5 Å². The van der Waals surface area contributed by atoms with Gasteiger partial charge in [0.2, 0.25) is 0 Å². The van der Waals surface area contributed by atoms with Crippen LogP contribution in [0.25, 0.3) is 10.9 Å². The quantitative estimate of drug-likeness (QED) is 0.735. The van der Waals surface area contributed by atoms with Gasteiger partial charge in [0.25, 0.3) is 5.56 Å². The highest BCUT2D eigenvalue weighted by Crippen LogP contribution is 2.15. The van der Waals surface area contributed by atoms with Gasteiger partial charge in [-0.25, -0.2) is 9.37 Å². The Hall–Kier alpha value is -1.75. The van der Waals surface area contributed by atoms with Crippen molar-refractivity contribution in [3.05, 3.63) is 40.2 Å². The number of nitrogens with zero attached hydrogens (tertiary/aromatic N) is 2. The Morgan fingerprint density at radius 1 is 1.47 bits per heavy atom. The van der Waals surface area contributed by atoms with Crippen molar-refractivity contribution < 1.29 is 9.50 Å². The lowest BCUT2D eigenvalue weighted by molar-refractivity contribution is 0.128. The molecule has 1 aromatic heterocycles. The molecule has 0 saturated heterocycles. The van der Waals surface area contributed by atoms with Crippen molar-refractivity contribution in [2.24, 2.45) is 0 Å². The van der Waals surface area contributed by atoms with Crippen LogP contribution in [0.3, 0.4) is 0 Å². The number of rotatable bonds is 0.